The minimum absolute atomic E-state index is 0.200. The van der Waals surface area contributed by atoms with Crippen LogP contribution in [0.25, 0.3) is 0 Å². The Hall–Kier alpha value is -2.60. The van der Waals surface area contributed by atoms with Gasteiger partial charge in [-0.2, -0.15) is 0 Å². The fourth-order valence-corrected chi connectivity index (χ4v) is 2.82. The first kappa shape index (κ1) is 20.7. The van der Waals surface area contributed by atoms with E-state index in [1.807, 2.05) is 39.2 Å². The van der Waals surface area contributed by atoms with Gasteiger partial charge >= 0.3 is 0 Å². The van der Waals surface area contributed by atoms with Crippen LogP contribution in [0.3, 0.4) is 0 Å². The van der Waals surface area contributed by atoms with E-state index < -0.39 is 0 Å². The molecular weight excluding hydrogens is 338 g/mol. The molecule has 0 spiro atoms. The number of rotatable bonds is 9. The first-order valence-electron chi connectivity index (χ1n) is 9.46. The molecule has 1 aromatic heterocycles. The number of hydrogen-bond acceptors (Lipinski definition) is 5. The topological polar surface area (TPSA) is 60.5 Å². The van der Waals surface area contributed by atoms with Gasteiger partial charge in [0.05, 0.1) is 11.9 Å². The zero-order valence-electron chi connectivity index (χ0n) is 17.0. The van der Waals surface area contributed by atoms with E-state index in [2.05, 4.69) is 45.3 Å². The van der Waals surface area contributed by atoms with Crippen molar-refractivity contribution >= 4 is 23.0 Å². The molecular formula is C21H31N5O. The van der Waals surface area contributed by atoms with E-state index in [-0.39, 0.29) is 5.91 Å². The van der Waals surface area contributed by atoms with Gasteiger partial charge in [-0.15, -0.1) is 0 Å². The summed E-state index contributed by atoms with van der Waals surface area (Å²) in [5.41, 5.74) is 4.33. The lowest BCUT2D eigenvalue weighted by Crippen LogP contribution is -2.22. The van der Waals surface area contributed by atoms with Crippen LogP contribution in [-0.4, -0.2) is 56.1 Å². The summed E-state index contributed by atoms with van der Waals surface area (Å²) in [7, 11) is 4.06. The Labute approximate surface area is 162 Å². The second-order valence-corrected chi connectivity index (χ2v) is 6.79. The van der Waals surface area contributed by atoms with E-state index in [1.54, 1.807) is 12.3 Å². The number of amides is 1. The quantitative estimate of drug-likeness (QED) is 0.709. The van der Waals surface area contributed by atoms with Gasteiger partial charge in [-0.1, -0.05) is 0 Å². The molecule has 6 nitrogen and oxygen atoms in total. The van der Waals surface area contributed by atoms with Crippen molar-refractivity contribution in [1.29, 1.82) is 0 Å². The zero-order chi connectivity index (χ0) is 19.8. The Morgan fingerprint density at radius 3 is 2.41 bits per heavy atom. The van der Waals surface area contributed by atoms with Crippen molar-refractivity contribution in [1.82, 2.24) is 9.88 Å². The Bertz CT molecular complexity index is 739. The van der Waals surface area contributed by atoms with Crippen molar-refractivity contribution in [3.8, 4) is 0 Å². The Balaban J connectivity index is 2.00. The molecule has 0 unspecified atom stereocenters. The number of benzene rings is 1. The molecule has 2 aromatic rings. The second-order valence-electron chi connectivity index (χ2n) is 6.79. The number of likely N-dealkylation sites (N-methyl/N-ethyl adjacent to an activating group) is 1. The number of anilines is 3. The van der Waals surface area contributed by atoms with E-state index in [1.165, 1.54) is 5.69 Å². The highest BCUT2D eigenvalue weighted by atomic mass is 16.1. The lowest BCUT2D eigenvalue weighted by molar-refractivity contribution is 0.102. The molecule has 0 saturated heterocycles. The van der Waals surface area contributed by atoms with Gasteiger partial charge in [-0.05, 0) is 70.8 Å². The van der Waals surface area contributed by atoms with Crippen LogP contribution in [0.2, 0.25) is 0 Å². The number of hydrogen-bond donors (Lipinski definition) is 2. The van der Waals surface area contributed by atoms with E-state index in [0.29, 0.717) is 5.69 Å². The van der Waals surface area contributed by atoms with Crippen molar-refractivity contribution in [2.75, 3.05) is 55.8 Å². The van der Waals surface area contributed by atoms with Gasteiger partial charge in [0.25, 0.3) is 5.91 Å². The molecule has 0 aliphatic heterocycles. The van der Waals surface area contributed by atoms with Crippen molar-refractivity contribution in [3.05, 3.63) is 47.8 Å². The Morgan fingerprint density at radius 2 is 1.85 bits per heavy atom. The molecule has 1 aromatic carbocycles. The standard InChI is InChI=1S/C21H31N5O/c1-6-26(7-2)18-9-11-19(16(3)14-18)24-21(27)20-10-8-17(15-23-20)22-12-13-25(4)5/h8-11,14-15,22H,6-7,12-13H2,1-5H3,(H,24,27). The lowest BCUT2D eigenvalue weighted by Gasteiger charge is -2.22. The minimum Gasteiger partial charge on any atom is -0.383 e. The third-order valence-electron chi connectivity index (χ3n) is 4.47. The Kier molecular flexibility index (Phi) is 7.61. The van der Waals surface area contributed by atoms with Crippen LogP contribution in [0.4, 0.5) is 17.1 Å². The van der Waals surface area contributed by atoms with Crippen LogP contribution in [0.5, 0.6) is 0 Å². The maximum atomic E-state index is 12.5. The number of aryl methyl sites for hydroxylation is 1. The summed E-state index contributed by atoms with van der Waals surface area (Å²) in [5, 5.41) is 6.25. The summed E-state index contributed by atoms with van der Waals surface area (Å²) in [4.78, 5) is 21.2. The predicted molar refractivity (Wildman–Crippen MR) is 114 cm³/mol. The molecule has 6 heteroatoms. The SMILES string of the molecule is CCN(CC)c1ccc(NC(=O)c2ccc(NCCN(C)C)cn2)c(C)c1. The average molecular weight is 370 g/mol. The molecule has 0 aliphatic carbocycles. The molecule has 0 radical (unpaired) electrons. The van der Waals surface area contributed by atoms with E-state index in [4.69, 9.17) is 0 Å². The zero-order valence-corrected chi connectivity index (χ0v) is 17.0. The fourth-order valence-electron chi connectivity index (χ4n) is 2.82. The third kappa shape index (κ3) is 5.96. The van der Waals surface area contributed by atoms with Gasteiger partial charge < -0.3 is 20.4 Å². The number of carbonyl (C=O) groups is 1. The molecule has 0 bridgehead atoms. The van der Waals surface area contributed by atoms with Crippen molar-refractivity contribution in [3.63, 3.8) is 0 Å². The average Bonchev–Trinajstić information content (AvgIpc) is 2.65. The van der Waals surface area contributed by atoms with Crippen LogP contribution in [-0.2, 0) is 0 Å². The van der Waals surface area contributed by atoms with Gasteiger partial charge in [0, 0.05) is 37.6 Å². The number of carbonyl (C=O) groups excluding carboxylic acids is 1. The van der Waals surface area contributed by atoms with Gasteiger partial charge in [0.2, 0.25) is 0 Å². The smallest absolute Gasteiger partial charge is 0.274 e. The van der Waals surface area contributed by atoms with Crippen molar-refractivity contribution in [2.45, 2.75) is 20.8 Å². The highest BCUT2D eigenvalue weighted by Gasteiger charge is 2.11. The largest absolute Gasteiger partial charge is 0.383 e. The van der Waals surface area contributed by atoms with Crippen LogP contribution < -0.4 is 15.5 Å². The number of nitrogens with one attached hydrogen (secondary N) is 2. The van der Waals surface area contributed by atoms with Gasteiger partial charge in [-0.3, -0.25) is 4.79 Å². The van der Waals surface area contributed by atoms with Gasteiger partial charge in [-0.25, -0.2) is 4.98 Å². The summed E-state index contributed by atoms with van der Waals surface area (Å²) >= 11 is 0. The highest BCUT2D eigenvalue weighted by Crippen LogP contribution is 2.23. The van der Waals surface area contributed by atoms with Crippen LogP contribution in [0.1, 0.15) is 29.9 Å². The van der Waals surface area contributed by atoms with Gasteiger partial charge in [0.1, 0.15) is 5.69 Å². The van der Waals surface area contributed by atoms with Crippen LogP contribution >= 0.6 is 0 Å². The van der Waals surface area contributed by atoms with Gasteiger partial charge in [0.15, 0.2) is 0 Å². The molecule has 0 atom stereocenters. The van der Waals surface area contributed by atoms with E-state index in [0.717, 1.165) is 43.1 Å². The van der Waals surface area contributed by atoms with Crippen molar-refractivity contribution in [2.24, 2.45) is 0 Å². The summed E-state index contributed by atoms with van der Waals surface area (Å²) in [5.74, 6) is -0.200. The highest BCUT2D eigenvalue weighted by molar-refractivity contribution is 6.03. The fraction of sp³-hybridized carbons (Fsp3) is 0.429. The molecule has 27 heavy (non-hydrogen) atoms. The molecule has 0 aliphatic rings. The van der Waals surface area contributed by atoms with E-state index >= 15 is 0 Å². The Morgan fingerprint density at radius 1 is 1.11 bits per heavy atom. The number of nitrogens with zero attached hydrogens (tertiary/aromatic N) is 3. The normalized spacial score (nSPS) is 10.7. The summed E-state index contributed by atoms with van der Waals surface area (Å²) < 4.78 is 0. The molecule has 0 saturated carbocycles. The number of aromatic nitrogens is 1. The number of pyridine rings is 1. The van der Waals surface area contributed by atoms with Crippen molar-refractivity contribution < 1.29 is 4.79 Å². The molecule has 2 N–H and O–H groups in total. The summed E-state index contributed by atoms with van der Waals surface area (Å²) in [6.45, 7) is 9.97. The lowest BCUT2D eigenvalue weighted by atomic mass is 10.1. The molecule has 1 heterocycles. The van der Waals surface area contributed by atoms with E-state index in [9.17, 15) is 4.79 Å². The first-order chi connectivity index (χ1) is 12.9. The predicted octanol–water partition coefficient (Wildman–Crippen LogP) is 3.46. The molecule has 1 amide bonds. The first-order valence-corrected chi connectivity index (χ1v) is 9.46. The maximum absolute atomic E-state index is 12.5. The summed E-state index contributed by atoms with van der Waals surface area (Å²) in [6.07, 6.45) is 1.70. The third-order valence-corrected chi connectivity index (χ3v) is 4.47. The minimum atomic E-state index is -0.200. The molecule has 0 fully saturated rings. The maximum Gasteiger partial charge on any atom is 0.274 e. The monoisotopic (exact) mass is 369 g/mol. The second kappa shape index (κ2) is 9.92. The van der Waals surface area contributed by atoms with Crippen LogP contribution in [0, 0.1) is 6.92 Å². The molecule has 146 valence electrons. The molecule has 2 rings (SSSR count). The summed E-state index contributed by atoms with van der Waals surface area (Å²) in [6, 6.07) is 9.73. The van der Waals surface area contributed by atoms with Crippen LogP contribution in [0.15, 0.2) is 36.5 Å².